The lowest BCUT2D eigenvalue weighted by molar-refractivity contribution is 0.0952. The molecular formula is C14H21ClN2O. The largest absolute Gasteiger partial charge is 0.352 e. The first-order valence-electron chi connectivity index (χ1n) is 6.62. The summed E-state index contributed by atoms with van der Waals surface area (Å²) >= 11 is 5.92. The highest BCUT2D eigenvalue weighted by molar-refractivity contribution is 6.29. The standard InChI is InChI=1S/C14H21ClN2O/c1-3-5-6-8-16-14(18)11-9-12(7-4-2)17-13(15)10-11/h9-10H,3-8H2,1-2H3,(H,16,18). The Morgan fingerprint density at radius 3 is 2.72 bits per heavy atom. The minimum Gasteiger partial charge on any atom is -0.352 e. The molecule has 0 saturated heterocycles. The van der Waals surface area contributed by atoms with Gasteiger partial charge in [0.2, 0.25) is 0 Å². The SMILES string of the molecule is CCCCCNC(=O)c1cc(Cl)nc(CCC)c1. The second-order valence-corrected chi connectivity index (χ2v) is 4.77. The number of pyridine rings is 1. The Morgan fingerprint density at radius 2 is 2.06 bits per heavy atom. The highest BCUT2D eigenvalue weighted by atomic mass is 35.5. The molecule has 1 N–H and O–H groups in total. The number of carbonyl (C=O) groups is 1. The Morgan fingerprint density at radius 1 is 1.28 bits per heavy atom. The lowest BCUT2D eigenvalue weighted by atomic mass is 10.1. The second-order valence-electron chi connectivity index (χ2n) is 4.38. The molecule has 0 saturated carbocycles. The molecule has 0 aromatic carbocycles. The van der Waals surface area contributed by atoms with Gasteiger partial charge in [-0.1, -0.05) is 44.7 Å². The quantitative estimate of drug-likeness (QED) is 0.606. The minimum absolute atomic E-state index is 0.0623. The molecule has 4 heteroatoms. The van der Waals surface area contributed by atoms with Crippen LogP contribution in [0.15, 0.2) is 12.1 Å². The van der Waals surface area contributed by atoms with Gasteiger partial charge >= 0.3 is 0 Å². The van der Waals surface area contributed by atoms with E-state index in [1.54, 1.807) is 6.07 Å². The van der Waals surface area contributed by atoms with E-state index in [1.165, 1.54) is 0 Å². The van der Waals surface area contributed by atoms with E-state index in [9.17, 15) is 4.79 Å². The van der Waals surface area contributed by atoms with Crippen LogP contribution in [0.25, 0.3) is 0 Å². The van der Waals surface area contributed by atoms with Crippen LogP contribution < -0.4 is 5.32 Å². The number of hydrogen-bond donors (Lipinski definition) is 1. The first-order chi connectivity index (χ1) is 8.67. The molecular weight excluding hydrogens is 248 g/mol. The number of aryl methyl sites for hydroxylation is 1. The summed E-state index contributed by atoms with van der Waals surface area (Å²) in [5.41, 5.74) is 1.48. The van der Waals surface area contributed by atoms with Crippen LogP contribution in [0.5, 0.6) is 0 Å². The summed E-state index contributed by atoms with van der Waals surface area (Å²) in [5.74, 6) is -0.0623. The van der Waals surface area contributed by atoms with E-state index in [1.807, 2.05) is 6.07 Å². The van der Waals surface area contributed by atoms with Crippen LogP contribution in [0.1, 0.15) is 55.6 Å². The van der Waals surface area contributed by atoms with Crippen molar-refractivity contribution in [2.45, 2.75) is 46.0 Å². The van der Waals surface area contributed by atoms with Crippen LogP contribution in [-0.2, 0) is 6.42 Å². The lowest BCUT2D eigenvalue weighted by Crippen LogP contribution is -2.24. The van der Waals surface area contributed by atoms with E-state index in [0.29, 0.717) is 10.7 Å². The van der Waals surface area contributed by atoms with Gasteiger partial charge < -0.3 is 5.32 Å². The zero-order valence-electron chi connectivity index (χ0n) is 11.1. The van der Waals surface area contributed by atoms with Crippen LogP contribution >= 0.6 is 11.6 Å². The Hall–Kier alpha value is -1.09. The van der Waals surface area contributed by atoms with Crippen molar-refractivity contribution in [3.8, 4) is 0 Å². The number of halogens is 1. The molecule has 0 aliphatic rings. The fraction of sp³-hybridized carbons (Fsp3) is 0.571. The molecule has 0 atom stereocenters. The van der Waals surface area contributed by atoms with Gasteiger partial charge in [-0.15, -0.1) is 0 Å². The number of hydrogen-bond acceptors (Lipinski definition) is 2. The van der Waals surface area contributed by atoms with E-state index < -0.39 is 0 Å². The molecule has 0 spiro atoms. The van der Waals surface area contributed by atoms with Crippen LogP contribution in [0.4, 0.5) is 0 Å². The summed E-state index contributed by atoms with van der Waals surface area (Å²) in [5, 5.41) is 3.29. The number of nitrogens with one attached hydrogen (secondary N) is 1. The predicted octanol–water partition coefficient (Wildman–Crippen LogP) is 3.61. The van der Waals surface area contributed by atoms with Gasteiger partial charge in [0, 0.05) is 17.8 Å². The van der Waals surface area contributed by atoms with Crippen molar-refractivity contribution in [3.63, 3.8) is 0 Å². The molecule has 18 heavy (non-hydrogen) atoms. The van der Waals surface area contributed by atoms with Crippen LogP contribution in [0, 0.1) is 0 Å². The summed E-state index contributed by atoms with van der Waals surface area (Å²) in [7, 11) is 0. The van der Waals surface area contributed by atoms with Crippen molar-refractivity contribution in [1.29, 1.82) is 0 Å². The Labute approximate surface area is 114 Å². The molecule has 1 rings (SSSR count). The molecule has 1 amide bonds. The monoisotopic (exact) mass is 268 g/mol. The summed E-state index contributed by atoms with van der Waals surface area (Å²) < 4.78 is 0. The number of carbonyl (C=O) groups excluding carboxylic acids is 1. The zero-order chi connectivity index (χ0) is 13.4. The fourth-order valence-electron chi connectivity index (χ4n) is 1.75. The van der Waals surface area contributed by atoms with E-state index in [0.717, 1.165) is 44.3 Å². The maximum absolute atomic E-state index is 11.9. The van der Waals surface area contributed by atoms with Gasteiger partial charge in [-0.2, -0.15) is 0 Å². The molecule has 3 nitrogen and oxygen atoms in total. The van der Waals surface area contributed by atoms with Crippen molar-refractivity contribution in [1.82, 2.24) is 10.3 Å². The Kier molecular flexibility index (Phi) is 6.73. The van der Waals surface area contributed by atoms with Crippen molar-refractivity contribution in [2.75, 3.05) is 6.54 Å². The number of amides is 1. The van der Waals surface area contributed by atoms with E-state index in [2.05, 4.69) is 24.1 Å². The first kappa shape index (κ1) is 15.0. The zero-order valence-corrected chi connectivity index (χ0v) is 11.9. The third kappa shape index (κ3) is 5.05. The Bertz CT molecular complexity index is 393. The van der Waals surface area contributed by atoms with Crippen molar-refractivity contribution >= 4 is 17.5 Å². The van der Waals surface area contributed by atoms with E-state index in [4.69, 9.17) is 11.6 Å². The molecule has 0 aliphatic heterocycles. The average molecular weight is 269 g/mol. The highest BCUT2D eigenvalue weighted by Crippen LogP contribution is 2.12. The molecule has 0 aliphatic carbocycles. The van der Waals surface area contributed by atoms with Crippen LogP contribution in [0.2, 0.25) is 5.15 Å². The number of unbranched alkanes of at least 4 members (excludes halogenated alkanes) is 2. The Balaban J connectivity index is 2.61. The second kappa shape index (κ2) is 8.09. The molecule has 1 heterocycles. The summed E-state index contributed by atoms with van der Waals surface area (Å²) in [6.45, 7) is 4.93. The molecule has 0 fully saturated rings. The number of rotatable bonds is 7. The van der Waals surface area contributed by atoms with Gasteiger partial charge in [0.1, 0.15) is 5.15 Å². The van der Waals surface area contributed by atoms with Gasteiger partial charge in [-0.25, -0.2) is 4.98 Å². The van der Waals surface area contributed by atoms with Gasteiger partial charge in [0.05, 0.1) is 0 Å². The maximum atomic E-state index is 11.9. The van der Waals surface area contributed by atoms with Gasteiger partial charge in [-0.3, -0.25) is 4.79 Å². The van der Waals surface area contributed by atoms with Gasteiger partial charge in [0.25, 0.3) is 5.91 Å². The summed E-state index contributed by atoms with van der Waals surface area (Å²) in [6, 6.07) is 3.44. The number of aromatic nitrogens is 1. The minimum atomic E-state index is -0.0623. The van der Waals surface area contributed by atoms with Crippen LogP contribution in [0.3, 0.4) is 0 Å². The van der Waals surface area contributed by atoms with Gasteiger partial charge in [-0.05, 0) is 25.0 Å². The van der Waals surface area contributed by atoms with E-state index >= 15 is 0 Å². The van der Waals surface area contributed by atoms with E-state index in [-0.39, 0.29) is 5.91 Å². The first-order valence-corrected chi connectivity index (χ1v) is 6.99. The topological polar surface area (TPSA) is 42.0 Å². The van der Waals surface area contributed by atoms with Crippen molar-refractivity contribution in [3.05, 3.63) is 28.5 Å². The summed E-state index contributed by atoms with van der Waals surface area (Å²) in [6.07, 6.45) is 5.14. The fourth-order valence-corrected chi connectivity index (χ4v) is 1.97. The molecule has 1 aromatic rings. The third-order valence-electron chi connectivity index (χ3n) is 2.68. The molecule has 1 aromatic heterocycles. The highest BCUT2D eigenvalue weighted by Gasteiger charge is 2.08. The van der Waals surface area contributed by atoms with Gasteiger partial charge in [0.15, 0.2) is 0 Å². The third-order valence-corrected chi connectivity index (χ3v) is 2.87. The number of nitrogens with zero attached hydrogens (tertiary/aromatic N) is 1. The normalized spacial score (nSPS) is 10.4. The predicted molar refractivity (Wildman–Crippen MR) is 75.1 cm³/mol. The molecule has 0 bridgehead atoms. The molecule has 0 unspecified atom stereocenters. The molecule has 0 radical (unpaired) electrons. The summed E-state index contributed by atoms with van der Waals surface area (Å²) in [4.78, 5) is 16.1. The molecule has 100 valence electrons. The van der Waals surface area contributed by atoms with Crippen molar-refractivity contribution < 1.29 is 4.79 Å². The van der Waals surface area contributed by atoms with Crippen molar-refractivity contribution in [2.24, 2.45) is 0 Å². The van der Waals surface area contributed by atoms with Crippen LogP contribution in [-0.4, -0.2) is 17.4 Å². The maximum Gasteiger partial charge on any atom is 0.251 e. The smallest absolute Gasteiger partial charge is 0.251 e. The average Bonchev–Trinajstić information content (AvgIpc) is 2.34. The lowest BCUT2D eigenvalue weighted by Gasteiger charge is -2.07.